The van der Waals surface area contributed by atoms with E-state index in [1.165, 1.54) is 33.8 Å². The molecule has 0 saturated carbocycles. The number of hydrogen-bond donors (Lipinski definition) is 0. The highest BCUT2D eigenvalue weighted by Gasteiger charge is 2.87. The third-order valence-corrected chi connectivity index (χ3v) is 9.86. The van der Waals surface area contributed by atoms with Crippen molar-refractivity contribution in [1.82, 2.24) is 19.6 Å². The molecule has 4 heterocycles. The van der Waals surface area contributed by atoms with Gasteiger partial charge in [-0.1, -0.05) is 24.0 Å². The number of fused-ring (bicyclic) bond motifs is 2. The molecule has 0 aliphatic carbocycles. The fourth-order valence-electron chi connectivity index (χ4n) is 7.73. The van der Waals surface area contributed by atoms with E-state index in [1.807, 2.05) is 42.5 Å². The predicted molar refractivity (Wildman–Crippen MR) is 177 cm³/mol. The van der Waals surface area contributed by atoms with Crippen LogP contribution in [-0.4, -0.2) is 89.5 Å². The summed E-state index contributed by atoms with van der Waals surface area (Å²) in [5, 5.41) is 0. The molecule has 4 amide bonds. The third-order valence-electron chi connectivity index (χ3n) is 9.86. The number of urea groups is 2. The van der Waals surface area contributed by atoms with Crippen LogP contribution in [0.15, 0.2) is 54.6 Å². The van der Waals surface area contributed by atoms with Crippen molar-refractivity contribution in [1.29, 1.82) is 0 Å². The fourth-order valence-corrected chi connectivity index (χ4v) is 7.73. The molecule has 50 heavy (non-hydrogen) atoms. The van der Waals surface area contributed by atoms with Crippen LogP contribution in [0.25, 0.3) is 0 Å². The molecule has 0 radical (unpaired) electrons. The summed E-state index contributed by atoms with van der Waals surface area (Å²) in [5.74, 6) is 6.08. The average Bonchev–Trinajstić information content (AvgIpc) is 3.29. The highest BCUT2D eigenvalue weighted by Crippen LogP contribution is 2.58. The summed E-state index contributed by atoms with van der Waals surface area (Å²) in [7, 11) is 4.57. The summed E-state index contributed by atoms with van der Waals surface area (Å²) < 4.78 is 28.1. The van der Waals surface area contributed by atoms with E-state index in [9.17, 15) is 14.4 Å². The van der Waals surface area contributed by atoms with Gasteiger partial charge in [0, 0.05) is 22.3 Å². The van der Waals surface area contributed by atoms with E-state index in [0.29, 0.717) is 45.1 Å². The molecule has 0 N–H and O–H groups in total. The van der Waals surface area contributed by atoms with E-state index in [-0.39, 0.29) is 39.4 Å². The summed E-state index contributed by atoms with van der Waals surface area (Å²) in [6, 6.07) is 14.8. The lowest BCUT2D eigenvalue weighted by Gasteiger charge is -2.43. The van der Waals surface area contributed by atoms with Crippen LogP contribution in [-0.2, 0) is 45.2 Å². The quantitative estimate of drug-likeness (QED) is 0.270. The van der Waals surface area contributed by atoms with Crippen LogP contribution in [0.4, 0.5) is 9.59 Å². The monoisotopic (exact) mass is 680 g/mol. The fraction of sp³-hybridized carbons (Fsp3) is 0.351. The Morgan fingerprint density at radius 1 is 0.640 bits per heavy atom. The van der Waals surface area contributed by atoms with Crippen LogP contribution in [0, 0.1) is 11.8 Å². The van der Waals surface area contributed by atoms with Crippen molar-refractivity contribution >= 4 is 24.0 Å². The summed E-state index contributed by atoms with van der Waals surface area (Å²) in [6.45, 7) is 2.44. The molecule has 2 saturated heterocycles. The second-order valence-corrected chi connectivity index (χ2v) is 12.0. The van der Waals surface area contributed by atoms with Crippen LogP contribution in [0.3, 0.4) is 0 Å². The highest BCUT2D eigenvalue weighted by atomic mass is 16.6. The standard InChI is InChI=1S/C37H36N4O9/c1-6-49-32(42)36-37(33(43)50-7-2)40-21-28-29(31(48-5)18-17-30(28)47-4)22-41(37)35(45)39(36)20-27-24(9-8-10-25(27)19-38(36)34(40)44)14-11-23-12-15-26(46-3)16-13-23/h8-10,12-13,15-18H,6-7,19-22H2,1-5H3/t36-,37+/m1/s1. The zero-order chi connectivity index (χ0) is 35.4. The molecular weight excluding hydrogens is 644 g/mol. The van der Waals surface area contributed by atoms with E-state index in [2.05, 4.69) is 11.8 Å². The molecule has 0 aromatic heterocycles. The predicted octanol–water partition coefficient (Wildman–Crippen LogP) is 3.83. The maximum atomic E-state index is 15.1. The number of carbonyl (C=O) groups excluding carboxylic acids is 4. The Morgan fingerprint density at radius 3 is 1.62 bits per heavy atom. The molecule has 3 aromatic rings. The van der Waals surface area contributed by atoms with Gasteiger partial charge in [-0.2, -0.15) is 0 Å². The number of ether oxygens (including phenoxy) is 5. The van der Waals surface area contributed by atoms with Gasteiger partial charge < -0.3 is 23.7 Å². The Kier molecular flexibility index (Phi) is 7.97. The lowest BCUT2D eigenvalue weighted by molar-refractivity contribution is -0.191. The van der Waals surface area contributed by atoms with Crippen LogP contribution in [0.5, 0.6) is 17.2 Å². The maximum absolute atomic E-state index is 15.1. The summed E-state index contributed by atoms with van der Waals surface area (Å²) in [5.41, 5.74) is -0.863. The number of nitrogens with zero attached hydrogens (tertiary/aromatic N) is 4. The minimum atomic E-state index is -2.28. The van der Waals surface area contributed by atoms with Gasteiger partial charge in [0.05, 0.1) is 60.7 Å². The molecule has 4 aliphatic heterocycles. The topological polar surface area (TPSA) is 127 Å². The number of esters is 2. The first-order valence-electron chi connectivity index (χ1n) is 16.2. The van der Waals surface area contributed by atoms with Crippen LogP contribution in [0.2, 0.25) is 0 Å². The molecule has 3 aromatic carbocycles. The number of methoxy groups -OCH3 is 3. The molecule has 0 bridgehead atoms. The Morgan fingerprint density at radius 2 is 1.14 bits per heavy atom. The van der Waals surface area contributed by atoms with Crippen molar-refractivity contribution in [3.05, 3.63) is 88.0 Å². The Hall–Kier alpha value is -5.90. The number of rotatable bonds is 7. The molecule has 0 spiro atoms. The second-order valence-electron chi connectivity index (χ2n) is 12.0. The van der Waals surface area contributed by atoms with Gasteiger partial charge in [0.15, 0.2) is 0 Å². The van der Waals surface area contributed by atoms with Gasteiger partial charge >= 0.3 is 24.0 Å². The smallest absolute Gasteiger partial charge is 0.358 e. The van der Waals surface area contributed by atoms with Gasteiger partial charge in [0.2, 0.25) is 0 Å². The number of amides is 4. The van der Waals surface area contributed by atoms with Gasteiger partial charge in [-0.3, -0.25) is 19.6 Å². The van der Waals surface area contributed by atoms with Gasteiger partial charge in [-0.05, 0) is 67.4 Å². The van der Waals surface area contributed by atoms with Gasteiger partial charge in [0.25, 0.3) is 11.3 Å². The first-order valence-corrected chi connectivity index (χ1v) is 16.2. The zero-order valence-corrected chi connectivity index (χ0v) is 28.4. The number of benzene rings is 3. The molecule has 2 atom stereocenters. The van der Waals surface area contributed by atoms with Gasteiger partial charge in [-0.15, -0.1) is 0 Å². The van der Waals surface area contributed by atoms with E-state index >= 15 is 4.79 Å². The summed E-state index contributed by atoms with van der Waals surface area (Å²) in [4.78, 5) is 64.5. The molecule has 13 nitrogen and oxygen atoms in total. The molecular formula is C37H36N4O9. The highest BCUT2D eigenvalue weighted by molar-refractivity contribution is 6.10. The molecule has 0 unspecified atom stereocenters. The first kappa shape index (κ1) is 32.6. The van der Waals surface area contributed by atoms with Crippen LogP contribution < -0.4 is 14.2 Å². The molecule has 7 rings (SSSR count). The van der Waals surface area contributed by atoms with E-state index < -0.39 is 35.3 Å². The van der Waals surface area contributed by atoms with Crippen LogP contribution in [0.1, 0.15) is 47.2 Å². The SMILES string of the molecule is CCOC(=O)[C@]12N3Cc4c(OC)ccc(OC)c4CN1C(=O)N1Cc4c(C#Cc5ccc(OC)cc5)cccc4CN(C3=O)[C@]12C(=O)OCC. The Balaban J connectivity index is 1.48. The molecule has 258 valence electrons. The Bertz CT molecular complexity index is 1990. The largest absolute Gasteiger partial charge is 0.497 e. The zero-order valence-electron chi connectivity index (χ0n) is 28.4. The minimum absolute atomic E-state index is 0.0725. The molecule has 13 heteroatoms. The van der Waals surface area contributed by atoms with Crippen molar-refractivity contribution in [2.75, 3.05) is 34.5 Å². The summed E-state index contributed by atoms with van der Waals surface area (Å²) >= 11 is 0. The van der Waals surface area contributed by atoms with Crippen LogP contribution >= 0.6 is 0 Å². The van der Waals surface area contributed by atoms with Crippen molar-refractivity contribution in [2.45, 2.75) is 51.4 Å². The lowest BCUT2D eigenvalue weighted by Crippen LogP contribution is -2.75. The summed E-state index contributed by atoms with van der Waals surface area (Å²) in [6.07, 6.45) is 0. The second kappa shape index (κ2) is 12.2. The first-order chi connectivity index (χ1) is 24.2. The van der Waals surface area contributed by atoms with Crippen molar-refractivity contribution in [3.8, 4) is 29.1 Å². The average molecular weight is 681 g/mol. The maximum Gasteiger partial charge on any atom is 0.358 e. The minimum Gasteiger partial charge on any atom is -0.497 e. The van der Waals surface area contributed by atoms with E-state index in [0.717, 1.165) is 5.56 Å². The normalized spacial score (nSPS) is 21.2. The molecule has 4 aliphatic rings. The Labute approximate surface area is 289 Å². The van der Waals surface area contributed by atoms with Crippen molar-refractivity contribution < 1.29 is 42.9 Å². The lowest BCUT2D eigenvalue weighted by atomic mass is 9.90. The van der Waals surface area contributed by atoms with E-state index in [1.54, 1.807) is 33.1 Å². The van der Waals surface area contributed by atoms with Crippen molar-refractivity contribution in [2.24, 2.45) is 0 Å². The van der Waals surface area contributed by atoms with Gasteiger partial charge in [0.1, 0.15) is 17.2 Å². The number of hydrogen-bond acceptors (Lipinski definition) is 9. The number of carbonyl (C=O) groups is 4. The van der Waals surface area contributed by atoms with Crippen molar-refractivity contribution in [3.63, 3.8) is 0 Å². The third kappa shape index (κ3) is 4.27. The molecule has 2 fully saturated rings. The van der Waals surface area contributed by atoms with E-state index in [4.69, 9.17) is 23.7 Å². The van der Waals surface area contributed by atoms with Gasteiger partial charge in [-0.25, -0.2) is 19.2 Å².